The highest BCUT2D eigenvalue weighted by Crippen LogP contribution is 2.29. The first kappa shape index (κ1) is 12.6. The average molecular weight is 273 g/mol. The van der Waals surface area contributed by atoms with Gasteiger partial charge in [0.1, 0.15) is 17.4 Å². The van der Waals surface area contributed by atoms with E-state index in [9.17, 15) is 5.11 Å². The van der Waals surface area contributed by atoms with Gasteiger partial charge in [0.2, 0.25) is 0 Å². The van der Waals surface area contributed by atoms with E-state index < -0.39 is 6.23 Å². The molecule has 2 unspecified atom stereocenters. The lowest BCUT2D eigenvalue weighted by atomic mass is 10.0. The molecule has 0 saturated heterocycles. The minimum absolute atomic E-state index is 0.297. The van der Waals surface area contributed by atoms with Crippen molar-refractivity contribution in [1.29, 1.82) is 0 Å². The molecule has 0 aliphatic carbocycles. The summed E-state index contributed by atoms with van der Waals surface area (Å²) in [5, 5.41) is 11.6. The average Bonchev–Trinajstić information content (AvgIpc) is 2.78. The number of rotatable bonds is 2. The zero-order valence-corrected chi connectivity index (χ0v) is 11.7. The SMILES string of the molecule is Cc1cccc(C)c1CC1=NC2C(=NC=NC2O)S1. The molecule has 19 heavy (non-hydrogen) atoms. The molecule has 0 radical (unpaired) electrons. The predicted molar refractivity (Wildman–Crippen MR) is 80.4 cm³/mol. The van der Waals surface area contributed by atoms with Gasteiger partial charge in [0.05, 0.1) is 5.04 Å². The molecule has 2 atom stereocenters. The van der Waals surface area contributed by atoms with E-state index in [1.807, 2.05) is 0 Å². The van der Waals surface area contributed by atoms with Crippen molar-refractivity contribution in [2.24, 2.45) is 15.0 Å². The summed E-state index contributed by atoms with van der Waals surface area (Å²) >= 11 is 1.56. The van der Waals surface area contributed by atoms with E-state index in [0.717, 1.165) is 16.5 Å². The molecule has 0 bridgehead atoms. The lowest BCUT2D eigenvalue weighted by molar-refractivity contribution is 0.177. The van der Waals surface area contributed by atoms with Crippen LogP contribution in [0.25, 0.3) is 0 Å². The summed E-state index contributed by atoms with van der Waals surface area (Å²) in [7, 11) is 0. The fourth-order valence-electron chi connectivity index (χ4n) is 2.32. The molecule has 2 heterocycles. The molecule has 3 rings (SSSR count). The van der Waals surface area contributed by atoms with Crippen LogP contribution in [0.4, 0.5) is 0 Å². The van der Waals surface area contributed by atoms with Crippen LogP contribution in [0.2, 0.25) is 0 Å². The fourth-order valence-corrected chi connectivity index (χ4v) is 3.33. The van der Waals surface area contributed by atoms with Crippen molar-refractivity contribution in [3.8, 4) is 0 Å². The van der Waals surface area contributed by atoms with Gasteiger partial charge in [0, 0.05) is 6.42 Å². The summed E-state index contributed by atoms with van der Waals surface area (Å²) in [4.78, 5) is 12.6. The number of fused-ring (bicyclic) bond motifs is 1. The minimum Gasteiger partial charge on any atom is -0.369 e. The van der Waals surface area contributed by atoms with E-state index in [1.165, 1.54) is 23.0 Å². The first-order valence-electron chi connectivity index (χ1n) is 6.22. The van der Waals surface area contributed by atoms with Crippen molar-refractivity contribution >= 4 is 28.2 Å². The van der Waals surface area contributed by atoms with Gasteiger partial charge in [-0.25, -0.2) is 9.98 Å². The van der Waals surface area contributed by atoms with Crippen LogP contribution in [0.5, 0.6) is 0 Å². The Kier molecular flexibility index (Phi) is 3.24. The normalized spacial score (nSPS) is 25.0. The van der Waals surface area contributed by atoms with Crippen LogP contribution in [0.3, 0.4) is 0 Å². The molecular weight excluding hydrogens is 258 g/mol. The van der Waals surface area contributed by atoms with Gasteiger partial charge in [-0.15, -0.1) is 0 Å². The summed E-state index contributed by atoms with van der Waals surface area (Å²) in [5.74, 6) is 0. The second-order valence-electron chi connectivity index (χ2n) is 4.76. The molecule has 1 aromatic rings. The van der Waals surface area contributed by atoms with Gasteiger partial charge in [0.15, 0.2) is 6.23 Å². The van der Waals surface area contributed by atoms with Gasteiger partial charge in [0.25, 0.3) is 0 Å². The van der Waals surface area contributed by atoms with E-state index in [0.29, 0.717) is 0 Å². The van der Waals surface area contributed by atoms with Crippen LogP contribution in [0.15, 0.2) is 33.2 Å². The zero-order chi connectivity index (χ0) is 13.4. The van der Waals surface area contributed by atoms with Gasteiger partial charge >= 0.3 is 0 Å². The second-order valence-corrected chi connectivity index (χ2v) is 5.86. The number of aliphatic imine (C=N–C) groups is 3. The quantitative estimate of drug-likeness (QED) is 0.897. The number of benzene rings is 1. The lowest BCUT2D eigenvalue weighted by Gasteiger charge is -2.13. The van der Waals surface area contributed by atoms with E-state index in [4.69, 9.17) is 0 Å². The maximum absolute atomic E-state index is 9.77. The molecule has 0 amide bonds. The van der Waals surface area contributed by atoms with Gasteiger partial charge in [-0.2, -0.15) is 0 Å². The molecule has 5 heteroatoms. The largest absolute Gasteiger partial charge is 0.369 e. The minimum atomic E-state index is -0.782. The van der Waals surface area contributed by atoms with Crippen molar-refractivity contribution in [2.45, 2.75) is 32.5 Å². The van der Waals surface area contributed by atoms with E-state index in [-0.39, 0.29) is 6.04 Å². The number of hydrogen-bond acceptors (Lipinski definition) is 5. The molecule has 2 aliphatic rings. The molecule has 1 aromatic carbocycles. The smallest absolute Gasteiger partial charge is 0.175 e. The number of aliphatic hydroxyl groups is 1. The highest BCUT2D eigenvalue weighted by molar-refractivity contribution is 8.27. The van der Waals surface area contributed by atoms with Crippen LogP contribution in [-0.4, -0.2) is 33.8 Å². The van der Waals surface area contributed by atoms with Crippen LogP contribution in [0, 0.1) is 13.8 Å². The first-order valence-corrected chi connectivity index (χ1v) is 7.04. The Morgan fingerprint density at radius 2 is 2.00 bits per heavy atom. The highest BCUT2D eigenvalue weighted by atomic mass is 32.2. The number of nitrogens with zero attached hydrogens (tertiary/aromatic N) is 3. The van der Waals surface area contributed by atoms with Crippen LogP contribution in [-0.2, 0) is 6.42 Å². The van der Waals surface area contributed by atoms with Gasteiger partial charge in [-0.05, 0) is 30.5 Å². The Bertz CT molecular complexity index is 586. The summed E-state index contributed by atoms with van der Waals surface area (Å²) in [6.07, 6.45) is 1.43. The Morgan fingerprint density at radius 3 is 2.68 bits per heavy atom. The Morgan fingerprint density at radius 1 is 1.26 bits per heavy atom. The molecule has 0 fully saturated rings. The van der Waals surface area contributed by atoms with Crippen LogP contribution in [0.1, 0.15) is 16.7 Å². The predicted octanol–water partition coefficient (Wildman–Crippen LogP) is 2.12. The second kappa shape index (κ2) is 4.90. The van der Waals surface area contributed by atoms with Gasteiger partial charge in [-0.1, -0.05) is 30.0 Å². The summed E-state index contributed by atoms with van der Waals surface area (Å²) in [6.45, 7) is 4.23. The van der Waals surface area contributed by atoms with Crippen molar-refractivity contribution in [3.63, 3.8) is 0 Å². The van der Waals surface area contributed by atoms with Gasteiger partial charge in [-0.3, -0.25) is 4.99 Å². The molecule has 2 aliphatic heterocycles. The molecule has 0 spiro atoms. The van der Waals surface area contributed by atoms with E-state index in [2.05, 4.69) is 47.0 Å². The summed E-state index contributed by atoms with van der Waals surface area (Å²) in [5.41, 5.74) is 3.86. The summed E-state index contributed by atoms with van der Waals surface area (Å²) in [6, 6.07) is 6.00. The third-order valence-electron chi connectivity index (χ3n) is 3.42. The van der Waals surface area contributed by atoms with Gasteiger partial charge < -0.3 is 5.11 Å². The van der Waals surface area contributed by atoms with Crippen LogP contribution >= 0.6 is 11.8 Å². The Labute approximate surface area is 116 Å². The third-order valence-corrected chi connectivity index (χ3v) is 4.46. The lowest BCUT2D eigenvalue weighted by Crippen LogP contribution is -2.29. The monoisotopic (exact) mass is 273 g/mol. The standard InChI is InChI=1S/C14H15N3OS/c1-8-4-3-5-9(2)10(8)6-11-17-12-13(18)15-7-16-14(12)19-11/h3-5,7,12-13,18H,6H2,1-2H3. The highest BCUT2D eigenvalue weighted by Gasteiger charge is 2.33. The molecule has 1 N–H and O–H groups in total. The number of thioether (sulfide) groups is 1. The number of hydrogen-bond donors (Lipinski definition) is 1. The molecule has 0 aromatic heterocycles. The third kappa shape index (κ3) is 2.35. The molecular formula is C14H15N3OS. The number of aryl methyl sites for hydroxylation is 2. The van der Waals surface area contributed by atoms with Crippen molar-refractivity contribution in [1.82, 2.24) is 0 Å². The van der Waals surface area contributed by atoms with Crippen LogP contribution < -0.4 is 0 Å². The number of aliphatic hydroxyl groups excluding tert-OH is 1. The van der Waals surface area contributed by atoms with Crippen molar-refractivity contribution in [2.75, 3.05) is 0 Å². The molecule has 98 valence electrons. The molecule has 4 nitrogen and oxygen atoms in total. The van der Waals surface area contributed by atoms with Crippen molar-refractivity contribution < 1.29 is 5.11 Å². The maximum Gasteiger partial charge on any atom is 0.175 e. The topological polar surface area (TPSA) is 57.3 Å². The summed E-state index contributed by atoms with van der Waals surface area (Å²) < 4.78 is 0. The maximum atomic E-state index is 9.77. The fraction of sp³-hybridized carbons (Fsp3) is 0.357. The van der Waals surface area contributed by atoms with E-state index >= 15 is 0 Å². The zero-order valence-electron chi connectivity index (χ0n) is 10.9. The Balaban J connectivity index is 1.84. The molecule has 0 saturated carbocycles. The first-order chi connectivity index (χ1) is 9.15. The Hall–Kier alpha value is -1.46. The van der Waals surface area contributed by atoms with Crippen molar-refractivity contribution in [3.05, 3.63) is 34.9 Å². The van der Waals surface area contributed by atoms with E-state index in [1.54, 1.807) is 11.8 Å².